The Hall–Kier alpha value is -2.21. The summed E-state index contributed by atoms with van der Waals surface area (Å²) in [5.41, 5.74) is 12.0. The first kappa shape index (κ1) is 14.2. The monoisotopic (exact) mass is 275 g/mol. The average molecular weight is 275 g/mol. The highest BCUT2D eigenvalue weighted by Gasteiger charge is 2.43. The first-order valence-electron chi connectivity index (χ1n) is 6.46. The Morgan fingerprint density at radius 2 is 1.95 bits per heavy atom. The van der Waals surface area contributed by atoms with Crippen molar-refractivity contribution in [3.63, 3.8) is 0 Å². The number of benzene rings is 1. The van der Waals surface area contributed by atoms with E-state index in [1.165, 1.54) is 12.1 Å². The van der Waals surface area contributed by atoms with Crippen LogP contribution in [0, 0.1) is 5.92 Å². The van der Waals surface area contributed by atoms with Crippen LogP contribution in [0.25, 0.3) is 0 Å². The van der Waals surface area contributed by atoms with E-state index in [0.717, 1.165) is 0 Å². The highest BCUT2D eigenvalue weighted by molar-refractivity contribution is 6.31. The van der Waals surface area contributed by atoms with Crippen molar-refractivity contribution in [1.82, 2.24) is 4.90 Å². The van der Waals surface area contributed by atoms with Crippen molar-refractivity contribution in [2.45, 2.75) is 26.3 Å². The van der Waals surface area contributed by atoms with Crippen molar-refractivity contribution in [2.75, 3.05) is 5.73 Å². The molecule has 0 bridgehead atoms. The van der Waals surface area contributed by atoms with E-state index in [1.54, 1.807) is 13.0 Å². The lowest BCUT2D eigenvalue weighted by molar-refractivity contribution is -0.128. The minimum atomic E-state index is -0.886. The molecule has 0 spiro atoms. The van der Waals surface area contributed by atoms with Gasteiger partial charge >= 0.3 is 0 Å². The van der Waals surface area contributed by atoms with E-state index in [-0.39, 0.29) is 22.7 Å². The first-order chi connectivity index (χ1) is 9.40. The number of carbonyl (C=O) groups is 3. The van der Waals surface area contributed by atoms with Crippen LogP contribution in [-0.4, -0.2) is 28.7 Å². The summed E-state index contributed by atoms with van der Waals surface area (Å²) in [6, 6.07) is 3.69. The molecule has 0 radical (unpaired) electrons. The summed E-state index contributed by atoms with van der Waals surface area (Å²) in [4.78, 5) is 37.3. The van der Waals surface area contributed by atoms with Crippen molar-refractivity contribution in [3.8, 4) is 0 Å². The molecule has 1 heterocycles. The van der Waals surface area contributed by atoms with Gasteiger partial charge in [-0.25, -0.2) is 4.90 Å². The lowest BCUT2D eigenvalue weighted by atomic mass is 9.99. The summed E-state index contributed by atoms with van der Waals surface area (Å²) >= 11 is 0. The van der Waals surface area contributed by atoms with Gasteiger partial charge in [0.15, 0.2) is 0 Å². The predicted octanol–water partition coefficient (Wildman–Crippen LogP) is 0.765. The number of fused-ring (bicyclic) bond motifs is 1. The molecule has 4 N–H and O–H groups in total. The molecule has 6 nitrogen and oxygen atoms in total. The molecule has 1 aliphatic heterocycles. The summed E-state index contributed by atoms with van der Waals surface area (Å²) in [5.74, 6) is -2.14. The number of nitrogens with two attached hydrogens (primary N) is 2. The van der Waals surface area contributed by atoms with Gasteiger partial charge in [0.05, 0.1) is 17.2 Å². The van der Waals surface area contributed by atoms with Gasteiger partial charge < -0.3 is 11.5 Å². The Labute approximate surface area is 116 Å². The summed E-state index contributed by atoms with van der Waals surface area (Å²) in [5, 5.41) is 0. The number of hydrogen-bond acceptors (Lipinski definition) is 5. The zero-order valence-corrected chi connectivity index (χ0v) is 11.4. The number of carbonyl (C=O) groups excluding carboxylic acids is 3. The lowest BCUT2D eigenvalue weighted by Gasteiger charge is -2.21. The normalized spacial score (nSPS) is 17.1. The molecular weight excluding hydrogens is 258 g/mol. The van der Waals surface area contributed by atoms with Gasteiger partial charge in [-0.2, -0.15) is 0 Å². The molecule has 2 atom stereocenters. The number of imide groups is 3. The second kappa shape index (κ2) is 5.05. The van der Waals surface area contributed by atoms with Crippen LogP contribution in [0.3, 0.4) is 0 Å². The van der Waals surface area contributed by atoms with Crippen LogP contribution in [-0.2, 0) is 4.79 Å². The van der Waals surface area contributed by atoms with E-state index in [9.17, 15) is 14.4 Å². The fraction of sp³-hybridized carbons (Fsp3) is 0.357. The predicted molar refractivity (Wildman–Crippen MR) is 73.8 cm³/mol. The molecule has 0 saturated heterocycles. The molecule has 3 amide bonds. The third-order valence-corrected chi connectivity index (χ3v) is 3.71. The second-order valence-electron chi connectivity index (χ2n) is 4.97. The van der Waals surface area contributed by atoms with Crippen molar-refractivity contribution in [1.29, 1.82) is 0 Å². The smallest absolute Gasteiger partial charge is 0.270 e. The van der Waals surface area contributed by atoms with Crippen LogP contribution in [0.1, 0.15) is 41.0 Å². The Kier molecular flexibility index (Phi) is 3.59. The second-order valence-corrected chi connectivity index (χ2v) is 4.97. The summed E-state index contributed by atoms with van der Waals surface area (Å²) < 4.78 is 0. The maximum absolute atomic E-state index is 12.3. The SMILES string of the molecule is CCC(C)[C@H](N)C(=O)N1C(=O)c2cccc(N)c2C1=O. The molecular formula is C14H17N3O3. The van der Waals surface area contributed by atoms with Gasteiger partial charge in [-0.15, -0.1) is 0 Å². The van der Waals surface area contributed by atoms with Gasteiger partial charge in [0.2, 0.25) is 0 Å². The summed E-state index contributed by atoms with van der Waals surface area (Å²) in [7, 11) is 0. The molecule has 1 aliphatic rings. The lowest BCUT2D eigenvalue weighted by Crippen LogP contribution is -2.49. The molecule has 1 aromatic carbocycles. The highest BCUT2D eigenvalue weighted by atomic mass is 16.2. The average Bonchev–Trinajstić information content (AvgIpc) is 2.69. The van der Waals surface area contributed by atoms with Gasteiger partial charge in [-0.3, -0.25) is 14.4 Å². The summed E-state index contributed by atoms with van der Waals surface area (Å²) in [6.45, 7) is 3.69. The maximum atomic E-state index is 12.3. The van der Waals surface area contributed by atoms with Crippen molar-refractivity contribution in [3.05, 3.63) is 29.3 Å². The zero-order valence-electron chi connectivity index (χ0n) is 11.4. The molecule has 0 saturated carbocycles. The van der Waals surface area contributed by atoms with Crippen LogP contribution < -0.4 is 11.5 Å². The quantitative estimate of drug-likeness (QED) is 0.625. The largest absolute Gasteiger partial charge is 0.398 e. The van der Waals surface area contributed by atoms with Gasteiger partial charge in [0, 0.05) is 5.69 Å². The minimum absolute atomic E-state index is 0.0854. The number of nitrogens with zero attached hydrogens (tertiary/aromatic N) is 1. The number of amides is 3. The summed E-state index contributed by atoms with van der Waals surface area (Å²) in [6.07, 6.45) is 0.679. The van der Waals surface area contributed by atoms with E-state index in [4.69, 9.17) is 11.5 Å². The Morgan fingerprint density at radius 3 is 2.50 bits per heavy atom. The molecule has 20 heavy (non-hydrogen) atoms. The zero-order chi connectivity index (χ0) is 15.0. The number of hydrogen-bond donors (Lipinski definition) is 2. The van der Waals surface area contributed by atoms with Crippen LogP contribution in [0.2, 0.25) is 0 Å². The van der Waals surface area contributed by atoms with Crippen LogP contribution >= 0.6 is 0 Å². The molecule has 6 heteroatoms. The van der Waals surface area contributed by atoms with Crippen molar-refractivity contribution < 1.29 is 14.4 Å². The first-order valence-corrected chi connectivity index (χ1v) is 6.46. The van der Waals surface area contributed by atoms with Gasteiger partial charge in [0.1, 0.15) is 0 Å². The number of anilines is 1. The van der Waals surface area contributed by atoms with E-state index in [0.29, 0.717) is 11.3 Å². The fourth-order valence-corrected chi connectivity index (χ4v) is 2.16. The molecule has 106 valence electrons. The fourth-order valence-electron chi connectivity index (χ4n) is 2.16. The highest BCUT2D eigenvalue weighted by Crippen LogP contribution is 2.28. The van der Waals surface area contributed by atoms with Gasteiger partial charge in [-0.1, -0.05) is 26.3 Å². The molecule has 0 aliphatic carbocycles. The minimum Gasteiger partial charge on any atom is -0.398 e. The third-order valence-electron chi connectivity index (χ3n) is 3.71. The van der Waals surface area contributed by atoms with Crippen molar-refractivity contribution >= 4 is 23.4 Å². The van der Waals surface area contributed by atoms with E-state index in [1.807, 2.05) is 6.92 Å². The van der Waals surface area contributed by atoms with Crippen LogP contribution in [0.15, 0.2) is 18.2 Å². The molecule has 1 unspecified atom stereocenters. The molecule has 0 aromatic heterocycles. The molecule has 0 fully saturated rings. The molecule has 1 aromatic rings. The number of nitrogen functional groups attached to an aromatic ring is 1. The van der Waals surface area contributed by atoms with E-state index < -0.39 is 23.8 Å². The third kappa shape index (κ3) is 1.98. The van der Waals surface area contributed by atoms with Gasteiger partial charge in [-0.05, 0) is 18.1 Å². The molecule has 2 rings (SSSR count). The number of rotatable bonds is 3. The van der Waals surface area contributed by atoms with Crippen LogP contribution in [0.5, 0.6) is 0 Å². The standard InChI is InChI=1S/C14H17N3O3/c1-3-7(2)11(16)14(20)17-12(18)8-5-4-6-9(15)10(8)13(17)19/h4-7,11H,3,15-16H2,1-2H3/t7?,11-/m0/s1. The van der Waals surface area contributed by atoms with Gasteiger partial charge in [0.25, 0.3) is 17.7 Å². The Balaban J connectivity index is 2.38. The van der Waals surface area contributed by atoms with Crippen LogP contribution in [0.4, 0.5) is 5.69 Å². The Morgan fingerprint density at radius 1 is 1.30 bits per heavy atom. The topological polar surface area (TPSA) is 106 Å². The van der Waals surface area contributed by atoms with E-state index in [2.05, 4.69) is 0 Å². The Bertz CT molecular complexity index is 597. The maximum Gasteiger partial charge on any atom is 0.270 e. The van der Waals surface area contributed by atoms with Crippen molar-refractivity contribution in [2.24, 2.45) is 11.7 Å². The van der Waals surface area contributed by atoms with E-state index >= 15 is 0 Å².